The van der Waals surface area contributed by atoms with Crippen molar-refractivity contribution in [2.45, 2.75) is 0 Å². The molecule has 0 fully saturated rings. The smallest absolute Gasteiger partial charge is 0.243 e. The molecule has 2 N–H and O–H groups in total. The SMILES string of the molecule is O=C(CNc1ccc(Br)cc1F)Nc1cc(F)ccc1F. The van der Waals surface area contributed by atoms with Gasteiger partial charge in [0.25, 0.3) is 0 Å². The molecule has 0 aromatic heterocycles. The summed E-state index contributed by atoms with van der Waals surface area (Å²) in [6, 6.07) is 7.03. The summed E-state index contributed by atoms with van der Waals surface area (Å²) < 4.78 is 40.4. The van der Waals surface area contributed by atoms with Gasteiger partial charge in [-0.1, -0.05) is 15.9 Å². The van der Waals surface area contributed by atoms with Crippen LogP contribution in [-0.2, 0) is 4.79 Å². The summed E-state index contributed by atoms with van der Waals surface area (Å²) >= 11 is 3.11. The molecule has 0 aliphatic rings. The number of halogens is 4. The van der Waals surface area contributed by atoms with Crippen LogP contribution in [0.3, 0.4) is 0 Å². The first-order chi connectivity index (χ1) is 9.95. The Bertz CT molecular complexity index is 679. The standard InChI is InChI=1S/C14H10BrF3N2O/c15-8-1-4-12(11(18)5-8)19-7-14(21)20-13-6-9(16)2-3-10(13)17/h1-6,19H,7H2,(H,20,21). The van der Waals surface area contributed by atoms with Gasteiger partial charge in [0.1, 0.15) is 17.5 Å². The second-order valence-electron chi connectivity index (χ2n) is 4.15. The van der Waals surface area contributed by atoms with Gasteiger partial charge in [-0.2, -0.15) is 0 Å². The van der Waals surface area contributed by atoms with Crippen LogP contribution >= 0.6 is 15.9 Å². The summed E-state index contributed by atoms with van der Waals surface area (Å²) in [6.07, 6.45) is 0. The molecule has 0 aliphatic carbocycles. The van der Waals surface area contributed by atoms with E-state index in [0.717, 1.165) is 18.2 Å². The topological polar surface area (TPSA) is 41.1 Å². The summed E-state index contributed by atoms with van der Waals surface area (Å²) in [5.74, 6) is -2.57. The number of anilines is 2. The lowest BCUT2D eigenvalue weighted by Crippen LogP contribution is -2.22. The number of hydrogen-bond donors (Lipinski definition) is 2. The minimum Gasteiger partial charge on any atom is -0.374 e. The van der Waals surface area contributed by atoms with Crippen molar-refractivity contribution in [3.63, 3.8) is 0 Å². The zero-order chi connectivity index (χ0) is 15.4. The van der Waals surface area contributed by atoms with Gasteiger partial charge >= 0.3 is 0 Å². The first kappa shape index (κ1) is 15.4. The molecular weight excluding hydrogens is 349 g/mol. The highest BCUT2D eigenvalue weighted by atomic mass is 79.9. The lowest BCUT2D eigenvalue weighted by Gasteiger charge is -2.09. The van der Waals surface area contributed by atoms with E-state index in [1.807, 2.05) is 0 Å². The number of hydrogen-bond acceptors (Lipinski definition) is 2. The number of amides is 1. The third kappa shape index (κ3) is 4.22. The third-order valence-corrected chi connectivity index (χ3v) is 3.07. The molecule has 2 rings (SSSR count). The van der Waals surface area contributed by atoms with E-state index in [0.29, 0.717) is 4.47 Å². The maximum absolute atomic E-state index is 13.5. The Kier molecular flexibility index (Phi) is 4.85. The first-order valence-electron chi connectivity index (χ1n) is 5.89. The fourth-order valence-electron chi connectivity index (χ4n) is 1.60. The quantitative estimate of drug-likeness (QED) is 0.869. The van der Waals surface area contributed by atoms with Crippen LogP contribution in [0.4, 0.5) is 24.5 Å². The zero-order valence-corrected chi connectivity index (χ0v) is 12.2. The number of carbonyl (C=O) groups is 1. The second-order valence-corrected chi connectivity index (χ2v) is 5.07. The van der Waals surface area contributed by atoms with E-state index in [2.05, 4.69) is 26.6 Å². The minimum atomic E-state index is -0.750. The van der Waals surface area contributed by atoms with Gasteiger partial charge in [-0.15, -0.1) is 0 Å². The number of benzene rings is 2. The number of nitrogens with one attached hydrogen (secondary N) is 2. The maximum Gasteiger partial charge on any atom is 0.243 e. The van der Waals surface area contributed by atoms with Crippen LogP contribution in [-0.4, -0.2) is 12.5 Å². The fraction of sp³-hybridized carbons (Fsp3) is 0.0714. The van der Waals surface area contributed by atoms with E-state index in [-0.39, 0.29) is 17.9 Å². The number of carbonyl (C=O) groups excluding carboxylic acids is 1. The summed E-state index contributed by atoms with van der Waals surface area (Å²) in [7, 11) is 0. The Morgan fingerprint density at radius 2 is 1.76 bits per heavy atom. The Morgan fingerprint density at radius 1 is 1.00 bits per heavy atom. The molecule has 0 aliphatic heterocycles. The van der Waals surface area contributed by atoms with Crippen LogP contribution in [0.15, 0.2) is 40.9 Å². The van der Waals surface area contributed by atoms with E-state index >= 15 is 0 Å². The molecule has 0 unspecified atom stereocenters. The van der Waals surface area contributed by atoms with Crippen LogP contribution in [0.1, 0.15) is 0 Å². The van der Waals surface area contributed by atoms with E-state index in [4.69, 9.17) is 0 Å². The molecule has 0 spiro atoms. The van der Waals surface area contributed by atoms with Crippen molar-refractivity contribution in [2.24, 2.45) is 0 Å². The molecule has 0 radical (unpaired) electrons. The van der Waals surface area contributed by atoms with Crippen molar-refractivity contribution in [1.29, 1.82) is 0 Å². The zero-order valence-electron chi connectivity index (χ0n) is 10.6. The molecule has 0 saturated carbocycles. The van der Waals surface area contributed by atoms with Gasteiger partial charge in [-0.05, 0) is 30.3 Å². The molecule has 21 heavy (non-hydrogen) atoms. The van der Waals surface area contributed by atoms with Crippen LogP contribution < -0.4 is 10.6 Å². The first-order valence-corrected chi connectivity index (χ1v) is 6.69. The Morgan fingerprint density at radius 3 is 2.48 bits per heavy atom. The minimum absolute atomic E-state index is 0.132. The molecule has 110 valence electrons. The fourth-order valence-corrected chi connectivity index (χ4v) is 1.93. The van der Waals surface area contributed by atoms with E-state index in [1.165, 1.54) is 12.1 Å². The highest BCUT2D eigenvalue weighted by Crippen LogP contribution is 2.19. The summed E-state index contributed by atoms with van der Waals surface area (Å²) in [5, 5.41) is 4.77. The molecule has 0 heterocycles. The van der Waals surface area contributed by atoms with Crippen molar-refractivity contribution in [3.8, 4) is 0 Å². The van der Waals surface area contributed by atoms with Gasteiger partial charge < -0.3 is 10.6 Å². The van der Waals surface area contributed by atoms with E-state index in [9.17, 15) is 18.0 Å². The van der Waals surface area contributed by atoms with Crippen molar-refractivity contribution in [1.82, 2.24) is 0 Å². The highest BCUT2D eigenvalue weighted by molar-refractivity contribution is 9.10. The predicted molar refractivity (Wildman–Crippen MR) is 77.6 cm³/mol. The maximum atomic E-state index is 13.5. The lowest BCUT2D eigenvalue weighted by atomic mass is 10.3. The summed E-state index contributed by atoms with van der Waals surface area (Å²) in [4.78, 5) is 11.6. The van der Waals surface area contributed by atoms with E-state index < -0.39 is 23.4 Å². The Labute approximate surface area is 127 Å². The Balaban J connectivity index is 1.97. The molecule has 7 heteroatoms. The van der Waals surface area contributed by atoms with Crippen LogP contribution in [0.2, 0.25) is 0 Å². The summed E-state index contributed by atoms with van der Waals surface area (Å²) in [5.41, 5.74) is -0.133. The average Bonchev–Trinajstić information content (AvgIpc) is 2.42. The second kappa shape index (κ2) is 6.62. The van der Waals surface area contributed by atoms with Crippen molar-refractivity contribution < 1.29 is 18.0 Å². The molecule has 0 saturated heterocycles. The van der Waals surface area contributed by atoms with Gasteiger partial charge in [-0.25, -0.2) is 13.2 Å². The molecule has 1 amide bonds. The highest BCUT2D eigenvalue weighted by Gasteiger charge is 2.09. The molecule has 0 bridgehead atoms. The normalized spacial score (nSPS) is 10.3. The largest absolute Gasteiger partial charge is 0.374 e. The lowest BCUT2D eigenvalue weighted by molar-refractivity contribution is -0.114. The molecule has 3 nitrogen and oxygen atoms in total. The molecule has 2 aromatic carbocycles. The molecule has 2 aromatic rings. The number of rotatable bonds is 4. The molecular formula is C14H10BrF3N2O. The predicted octanol–water partition coefficient (Wildman–Crippen LogP) is 3.92. The van der Waals surface area contributed by atoms with Crippen molar-refractivity contribution in [3.05, 3.63) is 58.3 Å². The van der Waals surface area contributed by atoms with Crippen LogP contribution in [0.25, 0.3) is 0 Å². The van der Waals surface area contributed by atoms with E-state index in [1.54, 1.807) is 6.07 Å². The van der Waals surface area contributed by atoms with Crippen LogP contribution in [0.5, 0.6) is 0 Å². The van der Waals surface area contributed by atoms with Crippen molar-refractivity contribution >= 4 is 33.2 Å². The van der Waals surface area contributed by atoms with Crippen LogP contribution in [0, 0.1) is 17.5 Å². The monoisotopic (exact) mass is 358 g/mol. The van der Waals surface area contributed by atoms with Gasteiger partial charge in [0.05, 0.1) is 17.9 Å². The van der Waals surface area contributed by atoms with Gasteiger partial charge in [0.2, 0.25) is 5.91 Å². The molecule has 0 atom stereocenters. The summed E-state index contributed by atoms with van der Waals surface area (Å²) in [6.45, 7) is -0.283. The third-order valence-electron chi connectivity index (χ3n) is 2.57. The van der Waals surface area contributed by atoms with Gasteiger partial charge in [0, 0.05) is 10.5 Å². The average molecular weight is 359 g/mol. The van der Waals surface area contributed by atoms with Gasteiger partial charge in [0.15, 0.2) is 0 Å². The van der Waals surface area contributed by atoms with Crippen molar-refractivity contribution in [2.75, 3.05) is 17.2 Å². The Hall–Kier alpha value is -2.02. The van der Waals surface area contributed by atoms with Gasteiger partial charge in [-0.3, -0.25) is 4.79 Å².